The van der Waals surface area contributed by atoms with Crippen molar-refractivity contribution < 1.29 is 4.42 Å². The van der Waals surface area contributed by atoms with Gasteiger partial charge < -0.3 is 4.42 Å². The van der Waals surface area contributed by atoms with Crippen LogP contribution in [0.1, 0.15) is 0 Å². The number of nitrogens with zero attached hydrogens (tertiary/aromatic N) is 3. The van der Waals surface area contributed by atoms with Crippen molar-refractivity contribution in [3.8, 4) is 5.69 Å². The normalized spacial score (nSPS) is 12.9. The van der Waals surface area contributed by atoms with E-state index in [9.17, 15) is 9.59 Å². The van der Waals surface area contributed by atoms with Gasteiger partial charge >= 0.3 is 0 Å². The van der Waals surface area contributed by atoms with Crippen LogP contribution in [0.15, 0.2) is 105 Å². The van der Waals surface area contributed by atoms with Crippen LogP contribution in [0.3, 0.4) is 0 Å². The number of rotatable bonds is 0. The third-order valence-corrected chi connectivity index (χ3v) is 8.34. The van der Waals surface area contributed by atoms with E-state index in [2.05, 4.69) is 4.57 Å². The van der Waals surface area contributed by atoms with Crippen molar-refractivity contribution in [2.24, 2.45) is 0 Å². The van der Waals surface area contributed by atoms with Crippen molar-refractivity contribution in [3.63, 3.8) is 0 Å². The number of para-hydroxylation sites is 1. The van der Waals surface area contributed by atoms with E-state index in [1.807, 2.05) is 91.0 Å². The minimum Gasteiger partial charge on any atom is -0.453 e. The SMILES string of the molecule is O=c1c2ccccc2c2ccc3oc4ccc5c6ccccc6c(=O)n6c7cccc8c7-n(c3c2n18)c4c56. The number of benzene rings is 5. The van der Waals surface area contributed by atoms with Gasteiger partial charge in [-0.1, -0.05) is 42.5 Å². The molecule has 5 aromatic carbocycles. The summed E-state index contributed by atoms with van der Waals surface area (Å²) >= 11 is 0. The lowest BCUT2D eigenvalue weighted by Gasteiger charge is -2.28. The Morgan fingerprint density at radius 1 is 0.447 bits per heavy atom. The molecule has 5 heterocycles. The van der Waals surface area contributed by atoms with Crippen molar-refractivity contribution in [3.05, 3.63) is 112 Å². The molecule has 0 aliphatic carbocycles. The highest BCUT2D eigenvalue weighted by Gasteiger charge is 2.29. The maximum absolute atomic E-state index is 14.1. The van der Waals surface area contributed by atoms with Gasteiger partial charge in [0, 0.05) is 21.5 Å². The number of fused-ring (bicyclic) bond motifs is 6. The fourth-order valence-corrected chi connectivity index (χ4v) is 6.88. The van der Waals surface area contributed by atoms with Gasteiger partial charge in [0.15, 0.2) is 11.2 Å². The number of hydrogen-bond acceptors (Lipinski definition) is 3. The second kappa shape index (κ2) is 5.95. The van der Waals surface area contributed by atoms with Crippen LogP contribution in [0.25, 0.3) is 82.3 Å². The van der Waals surface area contributed by atoms with Gasteiger partial charge in [0.05, 0.1) is 27.8 Å². The summed E-state index contributed by atoms with van der Waals surface area (Å²) in [5, 5.41) is 5.10. The number of aromatic nitrogens is 3. The zero-order chi connectivity index (χ0) is 24.9. The fraction of sp³-hybridized carbons (Fsp3) is 0. The molecule has 38 heavy (non-hydrogen) atoms. The molecule has 2 aliphatic rings. The van der Waals surface area contributed by atoms with Crippen LogP contribution >= 0.6 is 0 Å². The molecule has 0 saturated heterocycles. The third kappa shape index (κ3) is 1.85. The van der Waals surface area contributed by atoms with E-state index < -0.39 is 0 Å². The van der Waals surface area contributed by atoms with E-state index in [1.165, 1.54) is 0 Å². The minimum atomic E-state index is -0.0878. The predicted molar refractivity (Wildman–Crippen MR) is 151 cm³/mol. The highest BCUT2D eigenvalue weighted by Crippen LogP contribution is 2.43. The molecule has 2 aliphatic heterocycles. The molecule has 0 fully saturated rings. The molecule has 0 radical (unpaired) electrons. The molecule has 6 heteroatoms. The van der Waals surface area contributed by atoms with Gasteiger partial charge in [0.2, 0.25) is 0 Å². The summed E-state index contributed by atoms with van der Waals surface area (Å²) in [6, 6.07) is 29.4. The van der Waals surface area contributed by atoms with Crippen molar-refractivity contribution in [2.75, 3.05) is 0 Å². The first-order valence-corrected chi connectivity index (χ1v) is 12.5. The van der Waals surface area contributed by atoms with Gasteiger partial charge in [-0.05, 0) is 59.3 Å². The molecule has 0 amide bonds. The lowest BCUT2D eigenvalue weighted by Crippen LogP contribution is -2.24. The van der Waals surface area contributed by atoms with Gasteiger partial charge in [-0.3, -0.25) is 23.0 Å². The van der Waals surface area contributed by atoms with E-state index >= 15 is 0 Å². The van der Waals surface area contributed by atoms with Crippen molar-refractivity contribution in [1.82, 2.24) is 13.4 Å². The Morgan fingerprint density at radius 3 is 1.42 bits per heavy atom. The molecule has 0 bridgehead atoms. The lowest BCUT2D eigenvalue weighted by molar-refractivity contribution is 0.653. The molecular weight excluding hydrogens is 474 g/mol. The molecule has 0 spiro atoms. The fourth-order valence-electron chi connectivity index (χ4n) is 6.88. The monoisotopic (exact) mass is 489 g/mol. The molecule has 0 N–H and O–H groups in total. The topological polar surface area (TPSA) is 61.0 Å². The summed E-state index contributed by atoms with van der Waals surface area (Å²) in [5.74, 6) is 0. The van der Waals surface area contributed by atoms with E-state index in [1.54, 1.807) is 8.80 Å². The summed E-state index contributed by atoms with van der Waals surface area (Å²) in [4.78, 5) is 28.2. The zero-order valence-corrected chi connectivity index (χ0v) is 19.7. The summed E-state index contributed by atoms with van der Waals surface area (Å²) in [6.07, 6.45) is 0. The Labute approximate surface area is 211 Å². The predicted octanol–water partition coefficient (Wildman–Crippen LogP) is 6.53. The standard InChI is InChI=1S/C32H15N3O3/c36-31-20-8-3-1-6-16(20)18-12-14-24-29-26(18)33(31)22-10-5-11-23-28(22)35(29)30-25(38-24)15-13-19-17-7-2-4-9-21(17)32(37)34(23)27(19)30/h1-15H. The maximum Gasteiger partial charge on any atom is 0.263 e. The van der Waals surface area contributed by atoms with E-state index in [0.717, 1.165) is 60.3 Å². The van der Waals surface area contributed by atoms with Gasteiger partial charge in [-0.2, -0.15) is 0 Å². The summed E-state index contributed by atoms with van der Waals surface area (Å²) in [7, 11) is 0. The molecule has 10 rings (SSSR count). The van der Waals surface area contributed by atoms with Gasteiger partial charge in [0.1, 0.15) is 11.0 Å². The highest BCUT2D eigenvalue weighted by atomic mass is 16.3. The van der Waals surface area contributed by atoms with Crippen LogP contribution in [-0.2, 0) is 0 Å². The second-order valence-corrected chi connectivity index (χ2v) is 10.1. The highest BCUT2D eigenvalue weighted by molar-refractivity contribution is 6.21. The van der Waals surface area contributed by atoms with Crippen LogP contribution < -0.4 is 11.1 Å². The van der Waals surface area contributed by atoms with Crippen LogP contribution in [0.2, 0.25) is 0 Å². The molecule has 0 unspecified atom stereocenters. The Balaban J connectivity index is 1.70. The first-order chi connectivity index (χ1) is 18.7. The Hall–Kier alpha value is -5.36. The largest absolute Gasteiger partial charge is 0.453 e. The zero-order valence-electron chi connectivity index (χ0n) is 19.7. The van der Waals surface area contributed by atoms with Crippen molar-refractivity contribution in [2.45, 2.75) is 0 Å². The average Bonchev–Trinajstić information content (AvgIpc) is 2.96. The van der Waals surface area contributed by atoms with Gasteiger partial charge in [-0.25, -0.2) is 0 Å². The van der Waals surface area contributed by atoms with Crippen molar-refractivity contribution in [1.29, 1.82) is 0 Å². The number of pyridine rings is 2. The maximum atomic E-state index is 14.1. The van der Waals surface area contributed by atoms with Crippen molar-refractivity contribution >= 4 is 76.6 Å². The van der Waals surface area contributed by atoms with E-state index in [-0.39, 0.29) is 11.1 Å². The molecule has 0 atom stereocenters. The smallest absolute Gasteiger partial charge is 0.263 e. The Bertz CT molecular complexity index is 2540. The second-order valence-electron chi connectivity index (χ2n) is 10.1. The quantitative estimate of drug-likeness (QED) is 0.180. The molecule has 8 aromatic rings. The van der Waals surface area contributed by atoms with Crippen LogP contribution in [-0.4, -0.2) is 13.4 Å². The number of hydrogen-bond donors (Lipinski definition) is 0. The third-order valence-electron chi connectivity index (χ3n) is 8.34. The molecule has 6 nitrogen and oxygen atoms in total. The van der Waals surface area contributed by atoms with Gasteiger partial charge in [0.25, 0.3) is 11.1 Å². The van der Waals surface area contributed by atoms with E-state index in [4.69, 9.17) is 4.42 Å². The first-order valence-electron chi connectivity index (χ1n) is 12.5. The Morgan fingerprint density at radius 2 is 0.921 bits per heavy atom. The molecule has 176 valence electrons. The van der Waals surface area contributed by atoms with Crippen LogP contribution in [0, 0.1) is 0 Å². The average molecular weight is 489 g/mol. The summed E-state index contributed by atoms with van der Waals surface area (Å²) in [5.41, 5.74) is 6.81. The summed E-state index contributed by atoms with van der Waals surface area (Å²) < 4.78 is 12.3. The first kappa shape index (κ1) is 18.8. The molecule has 3 aromatic heterocycles. The minimum absolute atomic E-state index is 0.0878. The Kier molecular flexibility index (Phi) is 2.95. The van der Waals surface area contributed by atoms with E-state index in [0.29, 0.717) is 21.9 Å². The molecule has 0 saturated carbocycles. The van der Waals surface area contributed by atoms with Crippen LogP contribution in [0.5, 0.6) is 0 Å². The van der Waals surface area contributed by atoms with Gasteiger partial charge in [-0.15, -0.1) is 0 Å². The summed E-state index contributed by atoms with van der Waals surface area (Å²) in [6.45, 7) is 0. The lowest BCUT2D eigenvalue weighted by atomic mass is 10.0. The van der Waals surface area contributed by atoms with Crippen LogP contribution in [0.4, 0.5) is 0 Å². The molecular formula is C32H15N3O3.